The minimum atomic E-state index is 0.646. The topological polar surface area (TPSA) is 52.0 Å². The first-order chi connectivity index (χ1) is 7.99. The van der Waals surface area contributed by atoms with Gasteiger partial charge in [-0.3, -0.25) is 0 Å². The van der Waals surface area contributed by atoms with Crippen LogP contribution in [0, 0.1) is 20.8 Å². The van der Waals surface area contributed by atoms with Crippen molar-refractivity contribution >= 4 is 11.4 Å². The number of benzene rings is 2. The normalized spacial score (nSPS) is 9.35. The second kappa shape index (κ2) is 5.94. The van der Waals surface area contributed by atoms with E-state index < -0.39 is 0 Å². The highest BCUT2D eigenvalue weighted by molar-refractivity contribution is 5.62. The molecule has 2 nitrogen and oxygen atoms in total. The molecule has 0 aliphatic carbocycles. The van der Waals surface area contributed by atoms with Crippen LogP contribution in [0.1, 0.15) is 16.7 Å². The summed E-state index contributed by atoms with van der Waals surface area (Å²) in [4.78, 5) is 0. The predicted molar refractivity (Wildman–Crippen MR) is 75.9 cm³/mol. The van der Waals surface area contributed by atoms with E-state index in [0.717, 1.165) is 0 Å². The molecule has 0 radical (unpaired) electrons. The summed E-state index contributed by atoms with van der Waals surface area (Å²) in [5.41, 5.74) is 16.1. The maximum atomic E-state index is 5.39. The fourth-order valence-electron chi connectivity index (χ4n) is 1.71. The van der Waals surface area contributed by atoms with Gasteiger partial charge in [-0.25, -0.2) is 0 Å². The van der Waals surface area contributed by atoms with Crippen LogP contribution >= 0.6 is 0 Å². The second-order valence-electron chi connectivity index (χ2n) is 4.29. The zero-order valence-corrected chi connectivity index (χ0v) is 10.7. The maximum absolute atomic E-state index is 5.39. The highest BCUT2D eigenvalue weighted by Gasteiger charge is 1.87. The minimum absolute atomic E-state index is 0.646. The van der Waals surface area contributed by atoms with E-state index in [1.54, 1.807) is 12.1 Å². The zero-order valence-electron chi connectivity index (χ0n) is 10.7. The molecule has 0 amide bonds. The Balaban J connectivity index is 0.000000171. The molecule has 0 spiro atoms. The number of aryl methyl sites for hydroxylation is 3. The Morgan fingerprint density at radius 1 is 0.647 bits per heavy atom. The summed E-state index contributed by atoms with van der Waals surface area (Å²) in [5.74, 6) is 0. The van der Waals surface area contributed by atoms with Crippen LogP contribution in [0.2, 0.25) is 0 Å². The van der Waals surface area contributed by atoms with Gasteiger partial charge in [0, 0.05) is 0 Å². The Morgan fingerprint density at radius 2 is 0.941 bits per heavy atom. The summed E-state index contributed by atoms with van der Waals surface area (Å²) in [5, 5.41) is 0. The molecule has 0 aliphatic rings. The van der Waals surface area contributed by atoms with Crippen LogP contribution < -0.4 is 11.5 Å². The van der Waals surface area contributed by atoms with E-state index in [2.05, 4.69) is 39.0 Å². The Hall–Kier alpha value is -1.96. The van der Waals surface area contributed by atoms with Gasteiger partial charge in [0.2, 0.25) is 0 Å². The van der Waals surface area contributed by atoms with Crippen LogP contribution in [0.25, 0.3) is 0 Å². The van der Waals surface area contributed by atoms with Gasteiger partial charge < -0.3 is 11.5 Å². The molecule has 17 heavy (non-hydrogen) atoms. The van der Waals surface area contributed by atoms with E-state index in [1.165, 1.54) is 16.7 Å². The standard InChI is InChI=1S/C9H12.C6H8N2/c1-7-4-8(2)6-9(3)5-7;7-5-3-1-2-4-6(5)8/h4-6H,1-3H3;1-4H,7-8H2. The Labute approximate surface area is 103 Å². The summed E-state index contributed by atoms with van der Waals surface area (Å²) < 4.78 is 0. The molecular formula is C15H20N2. The summed E-state index contributed by atoms with van der Waals surface area (Å²) in [6, 6.07) is 13.8. The van der Waals surface area contributed by atoms with Gasteiger partial charge >= 0.3 is 0 Å². The second-order valence-corrected chi connectivity index (χ2v) is 4.29. The number of hydrogen-bond acceptors (Lipinski definition) is 2. The molecule has 90 valence electrons. The molecule has 2 heteroatoms. The van der Waals surface area contributed by atoms with Gasteiger partial charge in [0.05, 0.1) is 11.4 Å². The molecule has 0 aliphatic heterocycles. The largest absolute Gasteiger partial charge is 0.397 e. The van der Waals surface area contributed by atoms with Crippen molar-refractivity contribution in [2.45, 2.75) is 20.8 Å². The van der Waals surface area contributed by atoms with Crippen molar-refractivity contribution in [2.24, 2.45) is 0 Å². The fourth-order valence-corrected chi connectivity index (χ4v) is 1.71. The van der Waals surface area contributed by atoms with Crippen molar-refractivity contribution < 1.29 is 0 Å². The number of nitrogens with two attached hydrogens (primary N) is 2. The van der Waals surface area contributed by atoms with Gasteiger partial charge in [-0.05, 0) is 32.9 Å². The van der Waals surface area contributed by atoms with Gasteiger partial charge in [-0.2, -0.15) is 0 Å². The van der Waals surface area contributed by atoms with Crippen molar-refractivity contribution in [2.75, 3.05) is 11.5 Å². The van der Waals surface area contributed by atoms with Crippen molar-refractivity contribution in [1.29, 1.82) is 0 Å². The van der Waals surface area contributed by atoms with E-state index in [9.17, 15) is 0 Å². The lowest BCUT2D eigenvalue weighted by Crippen LogP contribution is -1.91. The maximum Gasteiger partial charge on any atom is 0.0547 e. The first kappa shape index (κ1) is 13.1. The SMILES string of the molecule is Cc1cc(C)cc(C)c1.Nc1ccccc1N. The van der Waals surface area contributed by atoms with Crippen LogP contribution in [-0.4, -0.2) is 0 Å². The Bertz CT molecular complexity index is 419. The first-order valence-corrected chi connectivity index (χ1v) is 5.64. The average Bonchev–Trinajstić information content (AvgIpc) is 2.21. The van der Waals surface area contributed by atoms with Crippen molar-refractivity contribution in [3.05, 3.63) is 59.2 Å². The van der Waals surface area contributed by atoms with E-state index in [0.29, 0.717) is 11.4 Å². The van der Waals surface area contributed by atoms with Gasteiger partial charge in [0.1, 0.15) is 0 Å². The average molecular weight is 228 g/mol. The van der Waals surface area contributed by atoms with E-state index in [1.807, 2.05) is 12.1 Å². The molecule has 2 rings (SSSR count). The minimum Gasteiger partial charge on any atom is -0.397 e. The Morgan fingerprint density at radius 3 is 1.18 bits per heavy atom. The van der Waals surface area contributed by atoms with Gasteiger partial charge in [0.25, 0.3) is 0 Å². The van der Waals surface area contributed by atoms with Crippen LogP contribution in [0.3, 0.4) is 0 Å². The van der Waals surface area contributed by atoms with Gasteiger partial charge in [0.15, 0.2) is 0 Å². The van der Waals surface area contributed by atoms with Crippen LogP contribution in [0.4, 0.5) is 11.4 Å². The lowest BCUT2D eigenvalue weighted by atomic mass is 10.1. The molecule has 0 atom stereocenters. The van der Waals surface area contributed by atoms with E-state index in [-0.39, 0.29) is 0 Å². The van der Waals surface area contributed by atoms with Crippen molar-refractivity contribution in [3.63, 3.8) is 0 Å². The Kier molecular flexibility index (Phi) is 4.58. The summed E-state index contributed by atoms with van der Waals surface area (Å²) in [7, 11) is 0. The molecule has 0 saturated carbocycles. The van der Waals surface area contributed by atoms with Crippen LogP contribution in [0.15, 0.2) is 42.5 Å². The molecule has 2 aromatic carbocycles. The molecule has 0 fully saturated rings. The molecule has 4 N–H and O–H groups in total. The smallest absolute Gasteiger partial charge is 0.0547 e. The highest BCUT2D eigenvalue weighted by Crippen LogP contribution is 2.10. The number of nitrogen functional groups attached to an aromatic ring is 2. The molecular weight excluding hydrogens is 208 g/mol. The highest BCUT2D eigenvalue weighted by atomic mass is 14.7. The number of hydrogen-bond donors (Lipinski definition) is 2. The third-order valence-corrected chi connectivity index (χ3v) is 2.36. The zero-order chi connectivity index (χ0) is 12.8. The quantitative estimate of drug-likeness (QED) is 0.678. The van der Waals surface area contributed by atoms with E-state index >= 15 is 0 Å². The van der Waals surface area contributed by atoms with Crippen LogP contribution in [0.5, 0.6) is 0 Å². The number of rotatable bonds is 0. The summed E-state index contributed by atoms with van der Waals surface area (Å²) in [6.45, 7) is 6.38. The lowest BCUT2D eigenvalue weighted by Gasteiger charge is -1.96. The summed E-state index contributed by atoms with van der Waals surface area (Å²) >= 11 is 0. The van der Waals surface area contributed by atoms with Crippen molar-refractivity contribution in [1.82, 2.24) is 0 Å². The molecule has 0 bridgehead atoms. The monoisotopic (exact) mass is 228 g/mol. The number of anilines is 2. The molecule has 2 aromatic rings. The molecule has 0 saturated heterocycles. The lowest BCUT2D eigenvalue weighted by molar-refractivity contribution is 1.32. The van der Waals surface area contributed by atoms with Gasteiger partial charge in [-0.15, -0.1) is 0 Å². The van der Waals surface area contributed by atoms with Crippen LogP contribution in [-0.2, 0) is 0 Å². The predicted octanol–water partition coefficient (Wildman–Crippen LogP) is 3.46. The molecule has 0 unspecified atom stereocenters. The molecule has 0 heterocycles. The number of para-hydroxylation sites is 2. The molecule has 0 aromatic heterocycles. The third kappa shape index (κ3) is 4.60. The third-order valence-electron chi connectivity index (χ3n) is 2.36. The van der Waals surface area contributed by atoms with Crippen molar-refractivity contribution in [3.8, 4) is 0 Å². The fraction of sp³-hybridized carbons (Fsp3) is 0.200. The first-order valence-electron chi connectivity index (χ1n) is 5.64. The van der Waals surface area contributed by atoms with E-state index in [4.69, 9.17) is 11.5 Å². The van der Waals surface area contributed by atoms with Gasteiger partial charge in [-0.1, -0.05) is 47.0 Å². The summed E-state index contributed by atoms with van der Waals surface area (Å²) in [6.07, 6.45) is 0.